The lowest BCUT2D eigenvalue weighted by atomic mass is 9.85. The van der Waals surface area contributed by atoms with Crippen LogP contribution in [0.5, 0.6) is 0 Å². The van der Waals surface area contributed by atoms with Crippen LogP contribution in [0.1, 0.15) is 32.3 Å². The zero-order chi connectivity index (χ0) is 15.3. The normalized spacial score (nSPS) is 15.0. The first kappa shape index (κ1) is 16.3. The fourth-order valence-electron chi connectivity index (χ4n) is 2.37. The molecule has 0 aliphatic heterocycles. The second-order valence-electron chi connectivity index (χ2n) is 6.82. The molecule has 1 aromatic carbocycles. The molecule has 1 fully saturated rings. The summed E-state index contributed by atoms with van der Waals surface area (Å²) in [5.74, 6) is 0.881. The highest BCUT2D eigenvalue weighted by Gasteiger charge is 2.22. The zero-order valence-corrected chi connectivity index (χ0v) is 13.7. The van der Waals surface area contributed by atoms with E-state index in [9.17, 15) is 4.79 Å². The number of nitrogens with one attached hydrogen (secondary N) is 2. The van der Waals surface area contributed by atoms with Crippen LogP contribution in [0.2, 0.25) is 5.02 Å². The summed E-state index contributed by atoms with van der Waals surface area (Å²) < 4.78 is 0. The van der Waals surface area contributed by atoms with Gasteiger partial charge in [-0.05, 0) is 54.8 Å². The first-order chi connectivity index (χ1) is 9.94. The lowest BCUT2D eigenvalue weighted by Gasteiger charge is -2.25. The molecule has 1 amide bonds. The van der Waals surface area contributed by atoms with E-state index in [1.807, 2.05) is 18.2 Å². The number of rotatable bonds is 8. The number of hydrogen-bond acceptors (Lipinski definition) is 2. The summed E-state index contributed by atoms with van der Waals surface area (Å²) in [6.07, 6.45) is 3.51. The van der Waals surface area contributed by atoms with E-state index < -0.39 is 0 Å². The van der Waals surface area contributed by atoms with Gasteiger partial charge in [-0.2, -0.15) is 0 Å². The van der Waals surface area contributed by atoms with Crippen LogP contribution < -0.4 is 10.6 Å². The van der Waals surface area contributed by atoms with E-state index in [0.29, 0.717) is 13.1 Å². The smallest absolute Gasteiger partial charge is 0.233 e. The fourth-order valence-corrected chi connectivity index (χ4v) is 2.59. The molecule has 0 heterocycles. The molecule has 0 radical (unpaired) electrons. The third kappa shape index (κ3) is 6.49. The van der Waals surface area contributed by atoms with Gasteiger partial charge in [0.25, 0.3) is 0 Å². The lowest BCUT2D eigenvalue weighted by molar-refractivity contribution is -0.120. The average molecular weight is 309 g/mol. The molecule has 2 N–H and O–H groups in total. The summed E-state index contributed by atoms with van der Waals surface area (Å²) in [5, 5.41) is 6.99. The van der Waals surface area contributed by atoms with Gasteiger partial charge in [0.1, 0.15) is 0 Å². The SMILES string of the molecule is CC(C)(CNC(=O)CNCC1CC1)Cc1cccc(Cl)c1. The molecule has 1 aliphatic rings. The predicted molar refractivity (Wildman–Crippen MR) is 87.5 cm³/mol. The van der Waals surface area contributed by atoms with E-state index in [1.165, 1.54) is 18.4 Å². The topological polar surface area (TPSA) is 41.1 Å². The van der Waals surface area contributed by atoms with Gasteiger partial charge < -0.3 is 10.6 Å². The summed E-state index contributed by atoms with van der Waals surface area (Å²) in [5.41, 5.74) is 1.21. The molecule has 1 saturated carbocycles. The van der Waals surface area contributed by atoms with Gasteiger partial charge in [-0.1, -0.05) is 37.6 Å². The second kappa shape index (κ2) is 7.28. The van der Waals surface area contributed by atoms with Crippen molar-refractivity contribution in [1.29, 1.82) is 0 Å². The summed E-state index contributed by atoms with van der Waals surface area (Å²) in [7, 11) is 0. The van der Waals surface area contributed by atoms with E-state index in [-0.39, 0.29) is 11.3 Å². The second-order valence-corrected chi connectivity index (χ2v) is 7.26. The van der Waals surface area contributed by atoms with E-state index in [0.717, 1.165) is 23.9 Å². The summed E-state index contributed by atoms with van der Waals surface area (Å²) in [6.45, 7) is 6.38. The number of benzene rings is 1. The zero-order valence-electron chi connectivity index (χ0n) is 12.9. The maximum atomic E-state index is 11.8. The predicted octanol–water partition coefficient (Wildman–Crippen LogP) is 3.02. The van der Waals surface area contributed by atoms with Crippen molar-refractivity contribution in [1.82, 2.24) is 10.6 Å². The number of halogens is 1. The Hall–Kier alpha value is -1.06. The van der Waals surface area contributed by atoms with Crippen molar-refractivity contribution >= 4 is 17.5 Å². The van der Waals surface area contributed by atoms with Crippen LogP contribution in [0.25, 0.3) is 0 Å². The van der Waals surface area contributed by atoms with Gasteiger partial charge in [0.05, 0.1) is 6.54 Å². The van der Waals surface area contributed by atoms with Gasteiger partial charge in [-0.15, -0.1) is 0 Å². The van der Waals surface area contributed by atoms with Crippen LogP contribution in [0.4, 0.5) is 0 Å². The van der Waals surface area contributed by atoms with E-state index in [4.69, 9.17) is 11.6 Å². The number of carbonyl (C=O) groups excluding carboxylic acids is 1. The Balaban J connectivity index is 1.70. The molecule has 0 bridgehead atoms. The Morgan fingerprint density at radius 2 is 2.14 bits per heavy atom. The quantitative estimate of drug-likeness (QED) is 0.775. The van der Waals surface area contributed by atoms with Gasteiger partial charge in [-0.3, -0.25) is 4.79 Å². The monoisotopic (exact) mass is 308 g/mol. The highest BCUT2D eigenvalue weighted by atomic mass is 35.5. The number of hydrogen-bond donors (Lipinski definition) is 2. The number of carbonyl (C=O) groups is 1. The molecule has 2 rings (SSSR count). The van der Waals surface area contributed by atoms with E-state index in [1.54, 1.807) is 0 Å². The minimum atomic E-state index is 0.0107. The molecule has 0 unspecified atom stereocenters. The average Bonchev–Trinajstić information content (AvgIpc) is 3.20. The third-order valence-corrected chi connectivity index (χ3v) is 3.99. The van der Waals surface area contributed by atoms with Crippen LogP contribution in [0, 0.1) is 11.3 Å². The molecular formula is C17H25ClN2O. The van der Waals surface area contributed by atoms with Crippen molar-refractivity contribution in [2.45, 2.75) is 33.1 Å². The third-order valence-electron chi connectivity index (χ3n) is 3.75. The van der Waals surface area contributed by atoms with Gasteiger partial charge in [0.2, 0.25) is 5.91 Å². The standard InChI is InChI=1S/C17H25ClN2O/c1-17(2,9-14-4-3-5-15(18)8-14)12-20-16(21)11-19-10-13-6-7-13/h3-5,8,13,19H,6-7,9-12H2,1-2H3,(H,20,21). The summed E-state index contributed by atoms with van der Waals surface area (Å²) in [6, 6.07) is 7.91. The van der Waals surface area contributed by atoms with Crippen LogP contribution in [0.3, 0.4) is 0 Å². The molecule has 3 nitrogen and oxygen atoms in total. The van der Waals surface area contributed by atoms with Gasteiger partial charge in [0.15, 0.2) is 0 Å². The minimum Gasteiger partial charge on any atom is -0.354 e. The lowest BCUT2D eigenvalue weighted by Crippen LogP contribution is -2.40. The highest BCUT2D eigenvalue weighted by molar-refractivity contribution is 6.30. The Bertz CT molecular complexity index is 483. The van der Waals surface area contributed by atoms with Crippen LogP contribution in [0.15, 0.2) is 24.3 Å². The highest BCUT2D eigenvalue weighted by Crippen LogP contribution is 2.27. The maximum absolute atomic E-state index is 11.8. The number of amides is 1. The Morgan fingerprint density at radius 3 is 2.81 bits per heavy atom. The van der Waals surface area contributed by atoms with Gasteiger partial charge in [-0.25, -0.2) is 0 Å². The maximum Gasteiger partial charge on any atom is 0.233 e. The molecule has 1 aliphatic carbocycles. The Morgan fingerprint density at radius 1 is 1.38 bits per heavy atom. The molecule has 0 spiro atoms. The molecule has 116 valence electrons. The minimum absolute atomic E-state index is 0.0107. The van der Waals surface area contributed by atoms with Gasteiger partial charge >= 0.3 is 0 Å². The Labute approximate surface area is 132 Å². The molecule has 0 atom stereocenters. The molecule has 1 aromatic rings. The first-order valence-corrected chi connectivity index (χ1v) is 8.04. The molecule has 4 heteroatoms. The van der Waals surface area contributed by atoms with Crippen LogP contribution >= 0.6 is 11.6 Å². The molecule has 0 saturated heterocycles. The van der Waals surface area contributed by atoms with Gasteiger partial charge in [0, 0.05) is 11.6 Å². The van der Waals surface area contributed by atoms with Crippen LogP contribution in [-0.2, 0) is 11.2 Å². The molecule has 0 aromatic heterocycles. The van der Waals surface area contributed by atoms with Crippen molar-refractivity contribution in [3.63, 3.8) is 0 Å². The van der Waals surface area contributed by atoms with Crippen molar-refractivity contribution in [3.05, 3.63) is 34.9 Å². The first-order valence-electron chi connectivity index (χ1n) is 7.66. The van der Waals surface area contributed by atoms with E-state index >= 15 is 0 Å². The molecular weight excluding hydrogens is 284 g/mol. The summed E-state index contributed by atoms with van der Waals surface area (Å²) >= 11 is 6.01. The largest absolute Gasteiger partial charge is 0.354 e. The van der Waals surface area contributed by atoms with E-state index in [2.05, 4.69) is 30.5 Å². The fraction of sp³-hybridized carbons (Fsp3) is 0.588. The Kier molecular flexibility index (Phi) is 5.65. The van der Waals surface area contributed by atoms with Crippen molar-refractivity contribution in [2.24, 2.45) is 11.3 Å². The summed E-state index contributed by atoms with van der Waals surface area (Å²) in [4.78, 5) is 11.8. The van der Waals surface area contributed by atoms with Crippen molar-refractivity contribution < 1.29 is 4.79 Å². The van der Waals surface area contributed by atoms with Crippen molar-refractivity contribution in [3.8, 4) is 0 Å². The molecule has 21 heavy (non-hydrogen) atoms. The van der Waals surface area contributed by atoms with Crippen molar-refractivity contribution in [2.75, 3.05) is 19.6 Å². The van der Waals surface area contributed by atoms with Crippen LogP contribution in [-0.4, -0.2) is 25.5 Å².